The van der Waals surface area contributed by atoms with Crippen LogP contribution in [0.1, 0.15) is 70.9 Å². The molecule has 1 aliphatic heterocycles. The molecule has 4 atom stereocenters. The minimum atomic E-state index is -0.645. The molecule has 2 fully saturated rings. The quantitative estimate of drug-likeness (QED) is 0.593. The van der Waals surface area contributed by atoms with Crippen LogP contribution in [0, 0.1) is 17.8 Å². The van der Waals surface area contributed by atoms with Gasteiger partial charge < -0.3 is 9.84 Å². The fourth-order valence-corrected chi connectivity index (χ4v) is 5.48. The van der Waals surface area contributed by atoms with E-state index in [1.807, 2.05) is 0 Å². The van der Waals surface area contributed by atoms with Crippen LogP contribution >= 0.6 is 0 Å². The van der Waals surface area contributed by atoms with E-state index in [9.17, 15) is 9.90 Å². The zero-order valence-corrected chi connectivity index (χ0v) is 19.2. The van der Waals surface area contributed by atoms with E-state index in [1.54, 1.807) is 0 Å². The molecule has 2 aliphatic rings. The molecule has 168 valence electrons. The summed E-state index contributed by atoms with van der Waals surface area (Å²) in [5, 5.41) is 11.7. The summed E-state index contributed by atoms with van der Waals surface area (Å²) < 4.78 is 6.35. The monoisotopic (exact) mass is 423 g/mol. The summed E-state index contributed by atoms with van der Waals surface area (Å²) in [5.41, 5.74) is 1.33. The second-order valence-electron chi connectivity index (χ2n) is 9.85. The number of ether oxygens (including phenoxy) is 1. The Hall–Kier alpha value is -2.07. The average molecular weight is 424 g/mol. The first-order valence-electron chi connectivity index (χ1n) is 12.1. The predicted octanol–water partition coefficient (Wildman–Crippen LogP) is 6.29. The standard InChI is InChI=1S/C27H37NO3/c1-4-26(28-13-11-20(12-14-28)27(29)30)23-7-6-22-17-25(10-8-21(22)16-23)31-24-9-5-18(2)19(3)15-24/h6-8,10,16-20,24,26H,4-5,9,11-15H2,1-3H3,(H,29,30). The molecule has 4 nitrogen and oxygen atoms in total. The number of carboxylic acids is 1. The van der Waals surface area contributed by atoms with Crippen molar-refractivity contribution >= 4 is 16.7 Å². The lowest BCUT2D eigenvalue weighted by molar-refractivity contribution is -0.143. The maximum Gasteiger partial charge on any atom is 0.306 e. The molecule has 1 N–H and O–H groups in total. The number of hydrogen-bond donors (Lipinski definition) is 1. The van der Waals surface area contributed by atoms with Gasteiger partial charge in [0.15, 0.2) is 0 Å². The molecule has 0 bridgehead atoms. The number of benzene rings is 2. The van der Waals surface area contributed by atoms with Crippen LogP contribution < -0.4 is 4.74 Å². The van der Waals surface area contributed by atoms with Gasteiger partial charge in [-0.3, -0.25) is 9.69 Å². The molecule has 0 spiro atoms. The largest absolute Gasteiger partial charge is 0.490 e. The van der Waals surface area contributed by atoms with Crippen molar-refractivity contribution in [1.29, 1.82) is 0 Å². The van der Waals surface area contributed by atoms with Gasteiger partial charge in [0.2, 0.25) is 0 Å². The molecule has 1 saturated carbocycles. The number of piperidine rings is 1. The molecular weight excluding hydrogens is 386 g/mol. The number of hydrogen-bond acceptors (Lipinski definition) is 3. The van der Waals surface area contributed by atoms with Gasteiger partial charge in [-0.2, -0.15) is 0 Å². The van der Waals surface area contributed by atoms with E-state index < -0.39 is 5.97 Å². The molecule has 0 aromatic heterocycles. The van der Waals surface area contributed by atoms with Crippen LogP contribution in [0.2, 0.25) is 0 Å². The summed E-state index contributed by atoms with van der Waals surface area (Å²) in [5.74, 6) is 1.69. The summed E-state index contributed by atoms with van der Waals surface area (Å²) in [6.45, 7) is 8.64. The number of carboxylic acid groups (broad SMARTS) is 1. The third-order valence-electron chi connectivity index (χ3n) is 7.78. The van der Waals surface area contributed by atoms with Crippen molar-refractivity contribution in [3.8, 4) is 5.75 Å². The van der Waals surface area contributed by atoms with Crippen molar-refractivity contribution in [3.05, 3.63) is 42.0 Å². The van der Waals surface area contributed by atoms with E-state index in [1.165, 1.54) is 22.8 Å². The molecular formula is C27H37NO3. The maximum absolute atomic E-state index is 11.3. The highest BCUT2D eigenvalue weighted by Crippen LogP contribution is 2.34. The minimum Gasteiger partial charge on any atom is -0.490 e. The summed E-state index contributed by atoms with van der Waals surface area (Å²) in [7, 11) is 0. The van der Waals surface area contributed by atoms with Crippen molar-refractivity contribution in [2.45, 2.75) is 71.4 Å². The number of fused-ring (bicyclic) bond motifs is 1. The Balaban J connectivity index is 1.45. The van der Waals surface area contributed by atoms with Crippen LogP contribution in [-0.2, 0) is 4.79 Å². The Morgan fingerprint density at radius 1 is 1.03 bits per heavy atom. The van der Waals surface area contributed by atoms with Gasteiger partial charge in [0, 0.05) is 6.04 Å². The Morgan fingerprint density at radius 2 is 1.74 bits per heavy atom. The molecule has 1 saturated heterocycles. The lowest BCUT2D eigenvalue weighted by Gasteiger charge is -2.36. The second kappa shape index (κ2) is 9.60. The fourth-order valence-electron chi connectivity index (χ4n) is 5.48. The second-order valence-corrected chi connectivity index (χ2v) is 9.85. The highest BCUT2D eigenvalue weighted by Gasteiger charge is 2.29. The van der Waals surface area contributed by atoms with Crippen molar-refractivity contribution in [1.82, 2.24) is 4.90 Å². The number of nitrogens with zero attached hydrogens (tertiary/aromatic N) is 1. The van der Waals surface area contributed by atoms with Gasteiger partial charge in [-0.05, 0) is 98.0 Å². The smallest absolute Gasteiger partial charge is 0.306 e. The highest BCUT2D eigenvalue weighted by molar-refractivity contribution is 5.84. The van der Waals surface area contributed by atoms with Gasteiger partial charge >= 0.3 is 5.97 Å². The van der Waals surface area contributed by atoms with Crippen LogP contribution in [0.3, 0.4) is 0 Å². The Kier molecular flexibility index (Phi) is 6.86. The van der Waals surface area contributed by atoms with Crippen LogP contribution in [0.15, 0.2) is 36.4 Å². The molecule has 0 amide bonds. The first kappa shape index (κ1) is 22.1. The van der Waals surface area contributed by atoms with Crippen LogP contribution in [0.5, 0.6) is 5.75 Å². The van der Waals surface area contributed by atoms with E-state index in [0.717, 1.165) is 62.8 Å². The van der Waals surface area contributed by atoms with Crippen molar-refractivity contribution in [3.63, 3.8) is 0 Å². The zero-order valence-electron chi connectivity index (χ0n) is 19.2. The normalized spacial score (nSPS) is 26.6. The summed E-state index contributed by atoms with van der Waals surface area (Å²) in [4.78, 5) is 13.7. The first-order valence-corrected chi connectivity index (χ1v) is 12.1. The molecule has 4 unspecified atom stereocenters. The predicted molar refractivity (Wildman–Crippen MR) is 126 cm³/mol. The Morgan fingerprint density at radius 3 is 2.42 bits per heavy atom. The average Bonchev–Trinajstić information content (AvgIpc) is 2.77. The van der Waals surface area contributed by atoms with Crippen LogP contribution in [0.25, 0.3) is 10.8 Å². The number of rotatable bonds is 6. The molecule has 4 rings (SSSR count). The lowest BCUT2D eigenvalue weighted by Crippen LogP contribution is -2.38. The Labute approximate surface area is 186 Å². The van der Waals surface area contributed by atoms with Gasteiger partial charge in [0.25, 0.3) is 0 Å². The fraction of sp³-hybridized carbons (Fsp3) is 0.593. The van der Waals surface area contributed by atoms with E-state index in [4.69, 9.17) is 4.74 Å². The molecule has 31 heavy (non-hydrogen) atoms. The topological polar surface area (TPSA) is 49.8 Å². The van der Waals surface area contributed by atoms with Gasteiger partial charge in [-0.15, -0.1) is 0 Å². The molecule has 4 heteroatoms. The third kappa shape index (κ3) is 5.06. The van der Waals surface area contributed by atoms with Crippen LogP contribution in [-0.4, -0.2) is 35.2 Å². The number of aliphatic carboxylic acids is 1. The SMILES string of the molecule is CCC(c1ccc2cc(OC3CCC(C)C(C)C3)ccc2c1)N1CCC(C(=O)O)CC1. The molecule has 2 aromatic rings. The Bertz CT molecular complexity index is 902. The van der Waals surface area contributed by atoms with Crippen molar-refractivity contribution in [2.75, 3.05) is 13.1 Å². The van der Waals surface area contributed by atoms with Gasteiger partial charge in [0.1, 0.15) is 5.75 Å². The van der Waals surface area contributed by atoms with Crippen molar-refractivity contribution in [2.24, 2.45) is 17.8 Å². The van der Waals surface area contributed by atoms with Gasteiger partial charge in [-0.1, -0.05) is 39.0 Å². The van der Waals surface area contributed by atoms with Crippen LogP contribution in [0.4, 0.5) is 0 Å². The zero-order chi connectivity index (χ0) is 22.0. The minimum absolute atomic E-state index is 0.181. The van der Waals surface area contributed by atoms with E-state index in [0.29, 0.717) is 12.1 Å². The lowest BCUT2D eigenvalue weighted by atomic mass is 9.80. The summed E-state index contributed by atoms with van der Waals surface area (Å²) >= 11 is 0. The van der Waals surface area contributed by atoms with E-state index in [2.05, 4.69) is 62.1 Å². The third-order valence-corrected chi connectivity index (χ3v) is 7.78. The van der Waals surface area contributed by atoms with Gasteiger partial charge in [-0.25, -0.2) is 0 Å². The molecule has 0 radical (unpaired) electrons. The van der Waals surface area contributed by atoms with E-state index >= 15 is 0 Å². The number of likely N-dealkylation sites (tertiary alicyclic amines) is 1. The summed E-state index contributed by atoms with van der Waals surface area (Å²) in [6, 6.07) is 13.6. The molecule has 1 heterocycles. The van der Waals surface area contributed by atoms with E-state index in [-0.39, 0.29) is 5.92 Å². The van der Waals surface area contributed by atoms with Crippen molar-refractivity contribution < 1.29 is 14.6 Å². The molecule has 2 aromatic carbocycles. The number of carbonyl (C=O) groups is 1. The maximum atomic E-state index is 11.3. The van der Waals surface area contributed by atoms with Gasteiger partial charge in [0.05, 0.1) is 12.0 Å². The highest BCUT2D eigenvalue weighted by atomic mass is 16.5. The summed E-state index contributed by atoms with van der Waals surface area (Å²) in [6.07, 6.45) is 6.42. The first-order chi connectivity index (χ1) is 14.9. The molecule has 1 aliphatic carbocycles.